The molecule has 1 aliphatic rings. The van der Waals surface area contributed by atoms with Gasteiger partial charge in [-0.1, -0.05) is 0 Å². The van der Waals surface area contributed by atoms with Crippen LogP contribution in [0.5, 0.6) is 0 Å². The van der Waals surface area contributed by atoms with E-state index in [1.807, 2.05) is 0 Å². The van der Waals surface area contributed by atoms with Crippen LogP contribution < -0.4 is 4.72 Å². The van der Waals surface area contributed by atoms with Gasteiger partial charge in [0.2, 0.25) is 0 Å². The zero-order chi connectivity index (χ0) is 13.8. The molecule has 1 aliphatic heterocycles. The lowest BCUT2D eigenvalue weighted by Crippen LogP contribution is -2.55. The fraction of sp³-hybridized carbons (Fsp3) is 0.900. The van der Waals surface area contributed by atoms with E-state index in [4.69, 9.17) is 9.84 Å². The summed E-state index contributed by atoms with van der Waals surface area (Å²) in [6.45, 7) is 2.71. The van der Waals surface area contributed by atoms with Crippen LogP contribution in [0.25, 0.3) is 0 Å². The van der Waals surface area contributed by atoms with E-state index in [2.05, 4.69) is 4.72 Å². The molecule has 0 spiro atoms. The average Bonchev–Trinajstić information content (AvgIpc) is 2.25. The molecule has 1 heterocycles. The van der Waals surface area contributed by atoms with Gasteiger partial charge in [-0.3, -0.25) is 4.79 Å². The van der Waals surface area contributed by atoms with Crippen molar-refractivity contribution in [2.45, 2.75) is 31.7 Å². The molecule has 1 atom stereocenters. The van der Waals surface area contributed by atoms with Gasteiger partial charge >= 0.3 is 5.97 Å². The Labute approximate surface area is 107 Å². The third kappa shape index (κ3) is 4.52. The van der Waals surface area contributed by atoms with Gasteiger partial charge in [-0.15, -0.1) is 0 Å². The Hall–Kier alpha value is -0.700. The molecule has 0 bridgehead atoms. The first kappa shape index (κ1) is 15.4. The van der Waals surface area contributed by atoms with Gasteiger partial charge in [0, 0.05) is 20.2 Å². The quantitative estimate of drug-likeness (QED) is 0.702. The van der Waals surface area contributed by atoms with Gasteiger partial charge in [0.1, 0.15) is 0 Å². The van der Waals surface area contributed by atoms with Crippen LogP contribution in [0.15, 0.2) is 0 Å². The van der Waals surface area contributed by atoms with Crippen LogP contribution in [0, 0.1) is 0 Å². The summed E-state index contributed by atoms with van der Waals surface area (Å²) in [6.07, 6.45) is 1.29. The molecule has 0 aromatic heterocycles. The maximum Gasteiger partial charge on any atom is 0.304 e. The molecule has 0 radical (unpaired) electrons. The zero-order valence-corrected chi connectivity index (χ0v) is 11.5. The van der Waals surface area contributed by atoms with Gasteiger partial charge in [-0.25, -0.2) is 0 Å². The van der Waals surface area contributed by atoms with Crippen molar-refractivity contribution < 1.29 is 23.1 Å². The lowest BCUT2D eigenvalue weighted by atomic mass is 9.97. The van der Waals surface area contributed by atoms with Crippen molar-refractivity contribution in [1.29, 1.82) is 0 Å². The number of nitrogens with one attached hydrogen (secondary N) is 1. The van der Waals surface area contributed by atoms with Crippen LogP contribution in [0.4, 0.5) is 0 Å². The number of aliphatic carboxylic acids is 1. The normalized spacial score (nSPS) is 25.3. The SMILES string of the molecule is CN(CCC(=O)O)S(=O)(=O)NC1(C)CCCOC1. The Kier molecular flexibility index (Phi) is 5.09. The van der Waals surface area contributed by atoms with Crippen LogP contribution in [0.3, 0.4) is 0 Å². The topological polar surface area (TPSA) is 95.9 Å². The van der Waals surface area contributed by atoms with Crippen LogP contribution in [-0.2, 0) is 19.7 Å². The highest BCUT2D eigenvalue weighted by Gasteiger charge is 2.33. The second-order valence-corrected chi connectivity index (χ2v) is 6.57. The van der Waals surface area contributed by atoms with E-state index in [0.717, 1.165) is 10.7 Å². The summed E-state index contributed by atoms with van der Waals surface area (Å²) in [4.78, 5) is 10.4. The molecule has 1 fully saturated rings. The van der Waals surface area contributed by atoms with Crippen LogP contribution in [-0.4, -0.2) is 56.1 Å². The monoisotopic (exact) mass is 280 g/mol. The van der Waals surface area contributed by atoms with E-state index in [1.165, 1.54) is 7.05 Å². The van der Waals surface area contributed by atoms with Crippen molar-refractivity contribution in [2.75, 3.05) is 26.8 Å². The molecule has 0 saturated carbocycles. The molecule has 0 aromatic rings. The predicted molar refractivity (Wildman–Crippen MR) is 65.4 cm³/mol. The molecule has 18 heavy (non-hydrogen) atoms. The Morgan fingerprint density at radius 2 is 2.22 bits per heavy atom. The third-order valence-corrected chi connectivity index (χ3v) is 4.62. The number of hydrogen-bond acceptors (Lipinski definition) is 4. The fourth-order valence-electron chi connectivity index (χ4n) is 1.78. The van der Waals surface area contributed by atoms with Crippen molar-refractivity contribution in [3.05, 3.63) is 0 Å². The predicted octanol–water partition coefficient (Wildman–Crippen LogP) is -0.204. The highest BCUT2D eigenvalue weighted by molar-refractivity contribution is 7.87. The lowest BCUT2D eigenvalue weighted by molar-refractivity contribution is -0.137. The summed E-state index contributed by atoms with van der Waals surface area (Å²) in [5.74, 6) is -1.02. The van der Waals surface area contributed by atoms with Crippen molar-refractivity contribution in [3.63, 3.8) is 0 Å². The van der Waals surface area contributed by atoms with Crippen molar-refractivity contribution in [3.8, 4) is 0 Å². The first-order chi connectivity index (χ1) is 8.25. The van der Waals surface area contributed by atoms with Crippen LogP contribution in [0.1, 0.15) is 26.2 Å². The van der Waals surface area contributed by atoms with E-state index in [-0.39, 0.29) is 13.0 Å². The summed E-state index contributed by atoms with van der Waals surface area (Å²) in [7, 11) is -2.31. The number of carboxylic acids is 1. The van der Waals surface area contributed by atoms with Crippen molar-refractivity contribution in [1.82, 2.24) is 9.03 Å². The number of rotatable bonds is 6. The van der Waals surface area contributed by atoms with Gasteiger partial charge in [0.05, 0.1) is 18.6 Å². The van der Waals surface area contributed by atoms with Crippen LogP contribution in [0.2, 0.25) is 0 Å². The number of ether oxygens (including phenoxy) is 1. The minimum atomic E-state index is -3.67. The smallest absolute Gasteiger partial charge is 0.304 e. The molecular formula is C10H20N2O5S. The molecule has 1 rings (SSSR count). The molecule has 1 saturated heterocycles. The minimum absolute atomic E-state index is 0.0540. The van der Waals surface area contributed by atoms with Gasteiger partial charge in [-0.05, 0) is 19.8 Å². The fourth-order valence-corrected chi connectivity index (χ4v) is 3.05. The molecule has 8 heteroatoms. The first-order valence-corrected chi connectivity index (χ1v) is 7.24. The lowest BCUT2D eigenvalue weighted by Gasteiger charge is -2.35. The second-order valence-electron chi connectivity index (χ2n) is 4.79. The third-order valence-electron chi connectivity index (χ3n) is 2.86. The maximum atomic E-state index is 12.0. The summed E-state index contributed by atoms with van der Waals surface area (Å²) < 4.78 is 32.8. The van der Waals surface area contributed by atoms with Gasteiger partial charge in [0.15, 0.2) is 0 Å². The second kappa shape index (κ2) is 5.96. The molecule has 2 N–H and O–H groups in total. The van der Waals surface area contributed by atoms with E-state index in [0.29, 0.717) is 19.6 Å². The average molecular weight is 280 g/mol. The van der Waals surface area contributed by atoms with E-state index < -0.39 is 21.7 Å². The highest BCUT2D eigenvalue weighted by atomic mass is 32.2. The number of carbonyl (C=O) groups is 1. The summed E-state index contributed by atoms with van der Waals surface area (Å²) in [5.41, 5.74) is -0.617. The summed E-state index contributed by atoms with van der Waals surface area (Å²) >= 11 is 0. The molecular weight excluding hydrogens is 260 g/mol. The Balaban J connectivity index is 2.59. The highest BCUT2D eigenvalue weighted by Crippen LogP contribution is 2.19. The van der Waals surface area contributed by atoms with E-state index in [1.54, 1.807) is 6.92 Å². The molecule has 0 amide bonds. The minimum Gasteiger partial charge on any atom is -0.481 e. The Morgan fingerprint density at radius 3 is 2.72 bits per heavy atom. The molecule has 1 unspecified atom stereocenters. The zero-order valence-electron chi connectivity index (χ0n) is 10.7. The van der Waals surface area contributed by atoms with E-state index in [9.17, 15) is 13.2 Å². The summed E-state index contributed by atoms with van der Waals surface area (Å²) in [5, 5.41) is 8.54. The summed E-state index contributed by atoms with van der Waals surface area (Å²) in [6, 6.07) is 0. The number of carboxylic acid groups (broad SMARTS) is 1. The molecule has 0 aromatic carbocycles. The van der Waals surface area contributed by atoms with Gasteiger partial charge in [-0.2, -0.15) is 17.4 Å². The largest absolute Gasteiger partial charge is 0.481 e. The number of hydrogen-bond donors (Lipinski definition) is 2. The standard InChI is InChI=1S/C10H20N2O5S/c1-10(5-3-7-17-8-10)11-18(15,16)12(2)6-4-9(13)14/h11H,3-8H2,1-2H3,(H,13,14). The Bertz CT molecular complexity index is 389. The molecule has 0 aliphatic carbocycles. The number of nitrogens with zero attached hydrogens (tertiary/aromatic N) is 1. The van der Waals surface area contributed by atoms with Crippen molar-refractivity contribution in [2.24, 2.45) is 0 Å². The first-order valence-electron chi connectivity index (χ1n) is 5.80. The van der Waals surface area contributed by atoms with Gasteiger partial charge < -0.3 is 9.84 Å². The maximum absolute atomic E-state index is 12.0. The van der Waals surface area contributed by atoms with E-state index >= 15 is 0 Å². The Morgan fingerprint density at radius 1 is 1.56 bits per heavy atom. The molecule has 7 nitrogen and oxygen atoms in total. The van der Waals surface area contributed by atoms with Crippen molar-refractivity contribution >= 4 is 16.2 Å². The van der Waals surface area contributed by atoms with Gasteiger partial charge in [0.25, 0.3) is 10.2 Å². The molecule has 106 valence electrons. The van der Waals surface area contributed by atoms with Crippen LogP contribution >= 0.6 is 0 Å².